The van der Waals surface area contributed by atoms with Crippen molar-refractivity contribution in [2.24, 2.45) is 5.73 Å². The van der Waals surface area contributed by atoms with Gasteiger partial charge in [-0.25, -0.2) is 0 Å². The zero-order chi connectivity index (χ0) is 15.7. The van der Waals surface area contributed by atoms with Gasteiger partial charge in [-0.2, -0.15) is 0 Å². The maximum atomic E-state index is 11.0. The zero-order valence-electron chi connectivity index (χ0n) is 13.6. The van der Waals surface area contributed by atoms with Crippen LogP contribution in [0.1, 0.15) is 36.8 Å². The van der Waals surface area contributed by atoms with Crippen LogP contribution in [0.15, 0.2) is 24.4 Å². The topological polar surface area (TPSA) is 65.3 Å². The second-order valence-electron chi connectivity index (χ2n) is 7.00. The fraction of sp³-hybridized carbons (Fsp3) is 0.556. The summed E-state index contributed by atoms with van der Waals surface area (Å²) in [6.45, 7) is 1.02. The predicted molar refractivity (Wildman–Crippen MR) is 90.9 cm³/mol. The molecule has 0 radical (unpaired) electrons. The van der Waals surface area contributed by atoms with Gasteiger partial charge in [-0.3, -0.25) is 0 Å². The van der Waals surface area contributed by atoms with Crippen molar-refractivity contribution in [2.45, 2.75) is 43.7 Å². The standard InChI is InChI=1S/C18H27N3O/c1-21(2)10-7-13-12-20-17-4-3-14(11-16(13)17)18(22)8-5-15(19)6-9-18/h3-4,11-12,15,20,22H,5-10,19H2,1-2H3. The van der Waals surface area contributed by atoms with Gasteiger partial charge in [0, 0.05) is 29.7 Å². The summed E-state index contributed by atoms with van der Waals surface area (Å²) < 4.78 is 0. The maximum Gasteiger partial charge on any atom is 0.0898 e. The fourth-order valence-electron chi connectivity index (χ4n) is 3.43. The predicted octanol–water partition coefficient (Wildman–Crippen LogP) is 2.36. The van der Waals surface area contributed by atoms with Gasteiger partial charge in [0.25, 0.3) is 0 Å². The van der Waals surface area contributed by atoms with E-state index in [0.29, 0.717) is 0 Å². The van der Waals surface area contributed by atoms with Gasteiger partial charge in [-0.1, -0.05) is 6.07 Å². The van der Waals surface area contributed by atoms with E-state index in [0.717, 1.165) is 49.7 Å². The quantitative estimate of drug-likeness (QED) is 0.812. The Labute approximate surface area is 132 Å². The van der Waals surface area contributed by atoms with Gasteiger partial charge >= 0.3 is 0 Å². The third-order valence-corrected chi connectivity index (χ3v) is 4.99. The monoisotopic (exact) mass is 301 g/mol. The van der Waals surface area contributed by atoms with Crippen LogP contribution in [0.5, 0.6) is 0 Å². The van der Waals surface area contributed by atoms with E-state index in [-0.39, 0.29) is 6.04 Å². The lowest BCUT2D eigenvalue weighted by atomic mass is 9.77. The number of H-pyrrole nitrogens is 1. The highest BCUT2D eigenvalue weighted by Gasteiger charge is 2.33. The van der Waals surface area contributed by atoms with Crippen LogP contribution in [0, 0.1) is 0 Å². The van der Waals surface area contributed by atoms with E-state index in [1.54, 1.807) is 0 Å². The summed E-state index contributed by atoms with van der Waals surface area (Å²) in [5.41, 5.74) is 8.78. The number of benzene rings is 1. The van der Waals surface area contributed by atoms with E-state index in [9.17, 15) is 5.11 Å². The zero-order valence-corrected chi connectivity index (χ0v) is 13.6. The molecule has 0 bridgehead atoms. The molecule has 1 heterocycles. The molecule has 4 N–H and O–H groups in total. The molecule has 1 aromatic carbocycles. The van der Waals surface area contributed by atoms with Gasteiger partial charge in [-0.15, -0.1) is 0 Å². The summed E-state index contributed by atoms with van der Waals surface area (Å²) in [5.74, 6) is 0. The molecule has 1 aromatic heterocycles. The van der Waals surface area contributed by atoms with Crippen LogP contribution in [-0.4, -0.2) is 41.7 Å². The Balaban J connectivity index is 1.89. The molecule has 1 fully saturated rings. The lowest BCUT2D eigenvalue weighted by Crippen LogP contribution is -2.36. The number of aliphatic hydroxyl groups is 1. The summed E-state index contributed by atoms with van der Waals surface area (Å²) >= 11 is 0. The lowest BCUT2D eigenvalue weighted by molar-refractivity contribution is -0.00484. The smallest absolute Gasteiger partial charge is 0.0898 e. The molecular formula is C18H27N3O. The Morgan fingerprint density at radius 2 is 2.05 bits per heavy atom. The van der Waals surface area contributed by atoms with Crippen LogP contribution >= 0.6 is 0 Å². The number of nitrogens with zero attached hydrogens (tertiary/aromatic N) is 1. The van der Waals surface area contributed by atoms with Crippen LogP contribution in [0.25, 0.3) is 10.9 Å². The minimum absolute atomic E-state index is 0.243. The van der Waals surface area contributed by atoms with E-state index in [1.165, 1.54) is 10.9 Å². The van der Waals surface area contributed by atoms with E-state index < -0.39 is 5.60 Å². The van der Waals surface area contributed by atoms with Crippen LogP contribution in [0.3, 0.4) is 0 Å². The molecule has 0 unspecified atom stereocenters. The molecule has 1 saturated carbocycles. The van der Waals surface area contributed by atoms with Crippen LogP contribution in [-0.2, 0) is 12.0 Å². The molecule has 2 aromatic rings. The fourth-order valence-corrected chi connectivity index (χ4v) is 3.43. The first-order chi connectivity index (χ1) is 10.5. The Morgan fingerprint density at radius 3 is 2.73 bits per heavy atom. The summed E-state index contributed by atoms with van der Waals surface area (Å²) in [7, 11) is 4.18. The first kappa shape index (κ1) is 15.5. The molecule has 1 aliphatic carbocycles. The van der Waals surface area contributed by atoms with Crippen molar-refractivity contribution in [3.63, 3.8) is 0 Å². The molecule has 0 amide bonds. The number of rotatable bonds is 4. The van der Waals surface area contributed by atoms with E-state index >= 15 is 0 Å². The molecule has 4 nitrogen and oxygen atoms in total. The van der Waals surface area contributed by atoms with Crippen molar-refractivity contribution in [1.82, 2.24) is 9.88 Å². The van der Waals surface area contributed by atoms with E-state index in [1.807, 2.05) is 0 Å². The number of hydrogen-bond donors (Lipinski definition) is 3. The average Bonchev–Trinajstić information content (AvgIpc) is 2.90. The largest absolute Gasteiger partial charge is 0.385 e. The highest BCUT2D eigenvalue weighted by atomic mass is 16.3. The van der Waals surface area contributed by atoms with Crippen LogP contribution in [0.2, 0.25) is 0 Å². The lowest BCUT2D eigenvalue weighted by Gasteiger charge is -2.35. The first-order valence-electron chi connectivity index (χ1n) is 8.21. The molecule has 1 aliphatic rings. The number of aromatic amines is 1. The van der Waals surface area contributed by atoms with Gasteiger partial charge in [0.1, 0.15) is 0 Å². The third kappa shape index (κ3) is 3.05. The summed E-state index contributed by atoms with van der Waals surface area (Å²) in [6.07, 6.45) is 6.43. The number of nitrogens with two attached hydrogens (primary N) is 1. The third-order valence-electron chi connectivity index (χ3n) is 4.99. The molecule has 120 valence electrons. The molecule has 4 heteroatoms. The summed E-state index contributed by atoms with van der Waals surface area (Å²) in [6, 6.07) is 6.57. The van der Waals surface area contributed by atoms with Gasteiger partial charge < -0.3 is 20.7 Å². The SMILES string of the molecule is CN(C)CCc1c[nH]c2ccc(C3(O)CCC(N)CC3)cc12. The van der Waals surface area contributed by atoms with Gasteiger partial charge in [-0.05, 0) is 69.5 Å². The Kier molecular flexibility index (Phi) is 4.26. The van der Waals surface area contributed by atoms with Crippen molar-refractivity contribution < 1.29 is 5.11 Å². The van der Waals surface area contributed by atoms with Crippen LogP contribution < -0.4 is 5.73 Å². The van der Waals surface area contributed by atoms with E-state index in [4.69, 9.17) is 5.73 Å². The van der Waals surface area contributed by atoms with Crippen molar-refractivity contribution in [2.75, 3.05) is 20.6 Å². The van der Waals surface area contributed by atoms with Gasteiger partial charge in [0.15, 0.2) is 0 Å². The summed E-state index contributed by atoms with van der Waals surface area (Å²) in [4.78, 5) is 5.53. The van der Waals surface area contributed by atoms with Crippen molar-refractivity contribution in [3.05, 3.63) is 35.5 Å². The second-order valence-corrected chi connectivity index (χ2v) is 7.00. The highest BCUT2D eigenvalue weighted by Crippen LogP contribution is 2.38. The average molecular weight is 301 g/mol. The molecule has 0 aliphatic heterocycles. The number of hydrogen-bond acceptors (Lipinski definition) is 3. The Bertz CT molecular complexity index is 639. The van der Waals surface area contributed by atoms with Crippen molar-refractivity contribution >= 4 is 10.9 Å². The number of aromatic nitrogens is 1. The normalized spacial score (nSPS) is 26.0. The molecule has 3 rings (SSSR count). The Hall–Kier alpha value is -1.36. The van der Waals surface area contributed by atoms with Crippen molar-refractivity contribution in [1.29, 1.82) is 0 Å². The minimum Gasteiger partial charge on any atom is -0.385 e. The molecule has 0 spiro atoms. The molecule has 22 heavy (non-hydrogen) atoms. The van der Waals surface area contributed by atoms with Crippen LogP contribution in [0.4, 0.5) is 0 Å². The molecule has 0 atom stereocenters. The highest BCUT2D eigenvalue weighted by molar-refractivity contribution is 5.84. The molecule has 0 saturated heterocycles. The second kappa shape index (κ2) is 6.03. The summed E-state index contributed by atoms with van der Waals surface area (Å²) in [5, 5.41) is 12.2. The minimum atomic E-state index is -0.708. The number of likely N-dealkylation sites (N-methyl/N-ethyl adjacent to an activating group) is 1. The number of fused-ring (bicyclic) bond motifs is 1. The number of nitrogens with one attached hydrogen (secondary N) is 1. The van der Waals surface area contributed by atoms with Gasteiger partial charge in [0.05, 0.1) is 5.60 Å². The van der Waals surface area contributed by atoms with Crippen molar-refractivity contribution in [3.8, 4) is 0 Å². The Morgan fingerprint density at radius 1 is 1.32 bits per heavy atom. The van der Waals surface area contributed by atoms with E-state index in [2.05, 4.69) is 48.4 Å². The van der Waals surface area contributed by atoms with Gasteiger partial charge in [0.2, 0.25) is 0 Å². The first-order valence-corrected chi connectivity index (χ1v) is 8.21. The molecular weight excluding hydrogens is 274 g/mol. The maximum absolute atomic E-state index is 11.0.